The first kappa shape index (κ1) is 18.7. The Morgan fingerprint density at radius 1 is 0.931 bits per heavy atom. The number of fused-ring (bicyclic) bond motifs is 1. The van der Waals surface area contributed by atoms with E-state index in [9.17, 15) is 9.59 Å². The second kappa shape index (κ2) is 7.79. The van der Waals surface area contributed by atoms with Crippen LogP contribution in [0.2, 0.25) is 0 Å². The van der Waals surface area contributed by atoms with Gasteiger partial charge in [0, 0.05) is 28.8 Å². The van der Waals surface area contributed by atoms with E-state index in [2.05, 4.69) is 25.8 Å². The van der Waals surface area contributed by atoms with Gasteiger partial charge in [0.05, 0.1) is 5.69 Å². The van der Waals surface area contributed by atoms with Crippen LogP contribution in [0.3, 0.4) is 0 Å². The Balaban J connectivity index is 1.49. The number of carbonyl (C=O) groups is 2. The minimum absolute atomic E-state index is 0.172. The van der Waals surface area contributed by atoms with Gasteiger partial charge in [-0.1, -0.05) is 6.07 Å². The molecule has 1 aliphatic carbocycles. The fraction of sp³-hybridized carbons (Fsp3) is 0.227. The summed E-state index contributed by atoms with van der Waals surface area (Å²) >= 11 is 0. The van der Waals surface area contributed by atoms with E-state index >= 15 is 0 Å². The maximum atomic E-state index is 12.8. The molecule has 1 aromatic carbocycles. The van der Waals surface area contributed by atoms with Crippen molar-refractivity contribution in [2.24, 2.45) is 0 Å². The first-order valence-electron chi connectivity index (χ1n) is 9.52. The van der Waals surface area contributed by atoms with Gasteiger partial charge in [-0.3, -0.25) is 14.6 Å². The van der Waals surface area contributed by atoms with Crippen LogP contribution in [0.15, 0.2) is 42.6 Å². The molecule has 0 spiro atoms. The van der Waals surface area contributed by atoms with E-state index in [1.165, 1.54) is 0 Å². The standard InChI is InChI=1S/C22H21N5O2/c1-13-11-20(27-26-14(13)2)22(29)25-16-6-3-5-15(12-16)24-21(28)18-9-10-23-19-8-4-7-17(18)19/h3,5-6,9-12H,4,7-8H2,1-2H3,(H,24,28)(H,25,29). The molecule has 3 aromatic rings. The molecule has 7 heteroatoms. The van der Waals surface area contributed by atoms with E-state index in [1.54, 1.807) is 42.6 Å². The Bertz CT molecular complexity index is 1110. The largest absolute Gasteiger partial charge is 0.322 e. The van der Waals surface area contributed by atoms with Crippen molar-refractivity contribution in [2.45, 2.75) is 33.1 Å². The van der Waals surface area contributed by atoms with Crippen LogP contribution in [-0.4, -0.2) is 27.0 Å². The van der Waals surface area contributed by atoms with E-state index in [1.807, 2.05) is 13.8 Å². The molecule has 0 saturated heterocycles. The number of rotatable bonds is 4. The summed E-state index contributed by atoms with van der Waals surface area (Å²) in [4.78, 5) is 29.6. The van der Waals surface area contributed by atoms with Crippen LogP contribution < -0.4 is 10.6 Å². The third-order valence-electron chi connectivity index (χ3n) is 5.07. The van der Waals surface area contributed by atoms with Crippen molar-refractivity contribution in [3.63, 3.8) is 0 Å². The molecule has 29 heavy (non-hydrogen) atoms. The average molecular weight is 387 g/mol. The van der Waals surface area contributed by atoms with Crippen LogP contribution in [0.1, 0.15) is 49.8 Å². The second-order valence-corrected chi connectivity index (χ2v) is 7.12. The highest BCUT2D eigenvalue weighted by Gasteiger charge is 2.20. The normalized spacial score (nSPS) is 12.3. The number of carbonyl (C=O) groups excluding carboxylic acids is 2. The van der Waals surface area contributed by atoms with Crippen molar-refractivity contribution in [1.82, 2.24) is 15.2 Å². The van der Waals surface area contributed by atoms with Crippen molar-refractivity contribution in [1.29, 1.82) is 0 Å². The van der Waals surface area contributed by atoms with Gasteiger partial charge in [-0.15, -0.1) is 5.10 Å². The highest BCUT2D eigenvalue weighted by atomic mass is 16.2. The molecule has 7 nitrogen and oxygen atoms in total. The highest BCUT2D eigenvalue weighted by molar-refractivity contribution is 6.06. The van der Waals surface area contributed by atoms with Gasteiger partial charge >= 0.3 is 0 Å². The molecule has 2 aromatic heterocycles. The molecule has 0 fully saturated rings. The second-order valence-electron chi connectivity index (χ2n) is 7.12. The third kappa shape index (κ3) is 3.99. The summed E-state index contributed by atoms with van der Waals surface area (Å²) in [5.41, 5.74) is 5.79. The zero-order valence-corrected chi connectivity index (χ0v) is 16.3. The van der Waals surface area contributed by atoms with Gasteiger partial charge in [-0.25, -0.2) is 0 Å². The quantitative estimate of drug-likeness (QED) is 0.714. The summed E-state index contributed by atoms with van der Waals surface area (Å²) < 4.78 is 0. The molecule has 0 aliphatic heterocycles. The van der Waals surface area contributed by atoms with Crippen LogP contribution >= 0.6 is 0 Å². The molecule has 4 rings (SSSR count). The SMILES string of the molecule is Cc1cc(C(=O)Nc2cccc(NC(=O)c3ccnc4c3CCC4)c2)nnc1C. The molecule has 0 saturated carbocycles. The molecule has 0 radical (unpaired) electrons. The number of hydrogen-bond acceptors (Lipinski definition) is 5. The molecule has 1 aliphatic rings. The summed E-state index contributed by atoms with van der Waals surface area (Å²) in [5, 5.41) is 13.6. The van der Waals surface area contributed by atoms with Gasteiger partial charge in [0.15, 0.2) is 5.69 Å². The van der Waals surface area contributed by atoms with E-state index in [0.717, 1.165) is 41.8 Å². The van der Waals surface area contributed by atoms with Crippen LogP contribution in [0.5, 0.6) is 0 Å². The van der Waals surface area contributed by atoms with Gasteiger partial charge in [-0.05, 0) is 74.6 Å². The van der Waals surface area contributed by atoms with Gasteiger partial charge in [0.1, 0.15) is 0 Å². The zero-order chi connectivity index (χ0) is 20.4. The zero-order valence-electron chi connectivity index (χ0n) is 16.3. The monoisotopic (exact) mass is 387 g/mol. The number of aromatic nitrogens is 3. The maximum Gasteiger partial charge on any atom is 0.276 e. The fourth-order valence-corrected chi connectivity index (χ4v) is 3.40. The number of benzene rings is 1. The summed E-state index contributed by atoms with van der Waals surface area (Å²) in [7, 11) is 0. The predicted molar refractivity (Wildman–Crippen MR) is 110 cm³/mol. The molecular formula is C22H21N5O2. The molecule has 0 bridgehead atoms. The van der Waals surface area contributed by atoms with Gasteiger partial charge in [0.25, 0.3) is 11.8 Å². The Morgan fingerprint density at radius 3 is 2.45 bits per heavy atom. The summed E-state index contributed by atoms with van der Waals surface area (Å²) in [6.45, 7) is 3.72. The van der Waals surface area contributed by atoms with Crippen molar-refractivity contribution in [2.75, 3.05) is 10.6 Å². The van der Waals surface area contributed by atoms with Crippen LogP contribution in [0, 0.1) is 13.8 Å². The number of nitrogens with one attached hydrogen (secondary N) is 2. The van der Waals surface area contributed by atoms with Crippen molar-refractivity contribution < 1.29 is 9.59 Å². The van der Waals surface area contributed by atoms with Gasteiger partial charge < -0.3 is 10.6 Å². The first-order valence-corrected chi connectivity index (χ1v) is 9.52. The lowest BCUT2D eigenvalue weighted by Gasteiger charge is -2.11. The number of nitrogens with zero attached hydrogens (tertiary/aromatic N) is 3. The predicted octanol–water partition coefficient (Wildman–Crippen LogP) is 3.48. The summed E-state index contributed by atoms with van der Waals surface area (Å²) in [6.07, 6.45) is 4.49. The molecule has 2 heterocycles. The number of pyridine rings is 1. The van der Waals surface area contributed by atoms with Crippen LogP contribution in [0.25, 0.3) is 0 Å². The minimum Gasteiger partial charge on any atom is -0.322 e. The number of amides is 2. The third-order valence-corrected chi connectivity index (χ3v) is 5.07. The Kier molecular flexibility index (Phi) is 5.03. The van der Waals surface area contributed by atoms with E-state index < -0.39 is 0 Å². The van der Waals surface area contributed by atoms with E-state index in [-0.39, 0.29) is 17.5 Å². The van der Waals surface area contributed by atoms with E-state index in [4.69, 9.17) is 0 Å². The maximum absolute atomic E-state index is 12.8. The highest BCUT2D eigenvalue weighted by Crippen LogP contribution is 2.24. The van der Waals surface area contributed by atoms with Gasteiger partial charge in [0.2, 0.25) is 0 Å². The van der Waals surface area contributed by atoms with Gasteiger partial charge in [-0.2, -0.15) is 5.10 Å². The van der Waals surface area contributed by atoms with Crippen molar-refractivity contribution in [3.8, 4) is 0 Å². The number of hydrogen-bond donors (Lipinski definition) is 2. The Hall–Kier alpha value is -3.61. The molecular weight excluding hydrogens is 366 g/mol. The molecule has 2 N–H and O–H groups in total. The lowest BCUT2D eigenvalue weighted by molar-refractivity contribution is 0.101. The fourth-order valence-electron chi connectivity index (χ4n) is 3.40. The molecule has 2 amide bonds. The topological polar surface area (TPSA) is 96.9 Å². The smallest absolute Gasteiger partial charge is 0.276 e. The Labute approximate surface area is 168 Å². The minimum atomic E-state index is -0.351. The van der Waals surface area contributed by atoms with Crippen LogP contribution in [0.4, 0.5) is 11.4 Å². The summed E-state index contributed by atoms with van der Waals surface area (Å²) in [6, 6.07) is 10.5. The lowest BCUT2D eigenvalue weighted by Crippen LogP contribution is -2.16. The lowest BCUT2D eigenvalue weighted by atomic mass is 10.1. The number of anilines is 2. The molecule has 146 valence electrons. The van der Waals surface area contributed by atoms with Crippen molar-refractivity contribution in [3.05, 3.63) is 76.4 Å². The first-order chi connectivity index (χ1) is 14.0. The Morgan fingerprint density at radius 2 is 1.69 bits per heavy atom. The van der Waals surface area contributed by atoms with E-state index in [0.29, 0.717) is 16.9 Å². The number of aryl methyl sites for hydroxylation is 3. The van der Waals surface area contributed by atoms with Crippen molar-refractivity contribution >= 4 is 23.2 Å². The molecule has 0 unspecified atom stereocenters. The average Bonchev–Trinajstić information content (AvgIpc) is 3.19. The van der Waals surface area contributed by atoms with Crippen LogP contribution in [-0.2, 0) is 12.8 Å². The summed E-state index contributed by atoms with van der Waals surface area (Å²) in [5.74, 6) is -0.523. The molecule has 0 atom stereocenters.